The number of fused-ring (bicyclic) bond motifs is 1. The second-order valence-electron chi connectivity index (χ2n) is 11.2. The molecule has 6 rings (SSSR count). The van der Waals surface area contributed by atoms with Gasteiger partial charge in [0.1, 0.15) is 29.3 Å². The highest BCUT2D eigenvalue weighted by Crippen LogP contribution is 2.33. The van der Waals surface area contributed by atoms with Gasteiger partial charge in [0.2, 0.25) is 0 Å². The molecule has 1 aliphatic carbocycles. The number of benzene rings is 1. The van der Waals surface area contributed by atoms with Crippen LogP contribution in [0.1, 0.15) is 49.7 Å². The molecule has 4 heterocycles. The molecule has 4 atom stereocenters. The molecule has 2 saturated heterocycles. The highest BCUT2D eigenvalue weighted by molar-refractivity contribution is 5.83. The van der Waals surface area contributed by atoms with Gasteiger partial charge in [-0.25, -0.2) is 19.7 Å². The molecular weight excluding hydrogens is 530 g/mol. The number of likely N-dealkylation sites (tertiary alicyclic amines) is 1. The van der Waals surface area contributed by atoms with E-state index in [1.54, 1.807) is 17.0 Å². The summed E-state index contributed by atoms with van der Waals surface area (Å²) in [6, 6.07) is 7.50. The number of piperidine rings is 1. The highest BCUT2D eigenvalue weighted by Gasteiger charge is 2.48. The van der Waals surface area contributed by atoms with Gasteiger partial charge in [0.25, 0.3) is 5.91 Å². The summed E-state index contributed by atoms with van der Waals surface area (Å²) in [4.78, 5) is 40.2. The van der Waals surface area contributed by atoms with Crippen molar-refractivity contribution in [1.82, 2.24) is 29.7 Å². The van der Waals surface area contributed by atoms with Gasteiger partial charge in [-0.15, -0.1) is 0 Å². The minimum atomic E-state index is -1.39. The summed E-state index contributed by atoms with van der Waals surface area (Å²) in [5.41, 5.74) is 8.01. The largest absolute Gasteiger partial charge is 0.415 e. The maximum absolute atomic E-state index is 12.6. The summed E-state index contributed by atoms with van der Waals surface area (Å²) in [7, 11) is 0. The van der Waals surface area contributed by atoms with Crippen LogP contribution in [0.4, 0.5) is 10.6 Å². The fourth-order valence-electron chi connectivity index (χ4n) is 5.41. The number of nitrogens with one attached hydrogen (secondary N) is 1. The van der Waals surface area contributed by atoms with Crippen LogP contribution in [0.15, 0.2) is 30.6 Å². The van der Waals surface area contributed by atoms with Crippen molar-refractivity contribution >= 4 is 29.0 Å². The molecule has 3 aliphatic rings. The minimum absolute atomic E-state index is 0.0957. The van der Waals surface area contributed by atoms with Gasteiger partial charge in [-0.2, -0.15) is 0 Å². The average molecular weight is 566 g/mol. The van der Waals surface area contributed by atoms with Crippen LogP contribution in [-0.2, 0) is 16.0 Å². The Labute approximate surface area is 236 Å². The maximum atomic E-state index is 12.6. The van der Waals surface area contributed by atoms with E-state index in [-0.39, 0.29) is 18.0 Å². The van der Waals surface area contributed by atoms with Gasteiger partial charge in [-0.05, 0) is 57.1 Å². The zero-order valence-electron chi connectivity index (χ0n) is 22.8. The first-order chi connectivity index (χ1) is 19.8. The third-order valence-electron chi connectivity index (χ3n) is 8.06. The monoisotopic (exact) mass is 565 g/mol. The third-order valence-corrected chi connectivity index (χ3v) is 8.06. The quantitative estimate of drug-likeness (QED) is 0.328. The maximum Gasteiger partial charge on any atom is 0.415 e. The van der Waals surface area contributed by atoms with E-state index in [2.05, 4.69) is 20.3 Å². The first-order valence-electron chi connectivity index (χ1n) is 14.1. The van der Waals surface area contributed by atoms with Crippen LogP contribution < -0.4 is 15.8 Å². The molecule has 13 nitrogen and oxygen atoms in total. The Hall–Kier alpha value is -3.81. The van der Waals surface area contributed by atoms with E-state index in [1.807, 2.05) is 19.1 Å². The number of aromatic nitrogens is 4. The molecule has 3 fully saturated rings. The zero-order chi connectivity index (χ0) is 28.7. The number of nitrogens with zero attached hydrogens (tertiary/aromatic N) is 5. The Morgan fingerprint density at radius 2 is 1.83 bits per heavy atom. The topological polar surface area (TPSA) is 178 Å². The number of aliphatic hydroxyl groups is 2. The molecule has 2 aromatic heterocycles. The van der Waals surface area contributed by atoms with Gasteiger partial charge >= 0.3 is 6.09 Å². The molecule has 1 aromatic carbocycles. The van der Waals surface area contributed by atoms with Crippen molar-refractivity contribution < 1.29 is 29.3 Å². The van der Waals surface area contributed by atoms with Crippen LogP contribution in [0.5, 0.6) is 5.75 Å². The molecular formula is C28H35N7O6. The molecule has 5 N–H and O–H groups in total. The Morgan fingerprint density at radius 3 is 2.54 bits per heavy atom. The number of nitrogen functional groups attached to an aromatic ring is 1. The lowest BCUT2D eigenvalue weighted by Gasteiger charge is -2.31. The standard InChI is InChI=1S/C28H35N7O6/c1-15-2-7-18(8-3-15)40-28(39)34-12-10-16(11-13-34)4-9-19-32-24(29)20-25(33-19)35(14-30-20)27-22(37)21(36)23(41-27)26(38)31-17-5-6-17/h2-3,7-8,14,16-17,21-23,27,36-37H,4-6,9-13H2,1H3,(H,31,38)(H2,29,32,33)/t21?,22?,23-,27+/m0/s1. The van der Waals surface area contributed by atoms with Crippen molar-refractivity contribution in [2.45, 2.75) is 76.0 Å². The van der Waals surface area contributed by atoms with Crippen LogP contribution in [0.25, 0.3) is 11.2 Å². The predicted octanol–water partition coefficient (Wildman–Crippen LogP) is 1.46. The molecule has 1 saturated carbocycles. The molecule has 0 radical (unpaired) electrons. The number of hydrogen-bond acceptors (Lipinski definition) is 10. The number of anilines is 1. The van der Waals surface area contributed by atoms with Gasteiger partial charge in [0.05, 0.1) is 6.33 Å². The lowest BCUT2D eigenvalue weighted by atomic mass is 9.92. The molecule has 13 heteroatoms. The van der Waals surface area contributed by atoms with Gasteiger partial charge in [0.15, 0.2) is 23.8 Å². The Bertz CT molecular complexity index is 1420. The summed E-state index contributed by atoms with van der Waals surface area (Å²) in [6.45, 7) is 3.20. The summed E-state index contributed by atoms with van der Waals surface area (Å²) < 4.78 is 12.8. The number of nitrogens with two attached hydrogens (primary N) is 1. The van der Waals surface area contributed by atoms with Crippen molar-refractivity contribution in [2.75, 3.05) is 18.8 Å². The Morgan fingerprint density at radius 1 is 1.10 bits per heavy atom. The second-order valence-corrected chi connectivity index (χ2v) is 11.2. The second kappa shape index (κ2) is 11.2. The smallest absolute Gasteiger partial charge is 0.410 e. The van der Waals surface area contributed by atoms with E-state index in [1.165, 1.54) is 10.9 Å². The molecule has 0 bridgehead atoms. The molecule has 2 unspecified atom stereocenters. The van der Waals surface area contributed by atoms with Crippen LogP contribution >= 0.6 is 0 Å². The lowest BCUT2D eigenvalue weighted by molar-refractivity contribution is -0.137. The highest BCUT2D eigenvalue weighted by atomic mass is 16.6. The van der Waals surface area contributed by atoms with Gasteiger partial charge in [-0.1, -0.05) is 17.7 Å². The number of aliphatic hydroxyl groups excluding tert-OH is 2. The minimum Gasteiger partial charge on any atom is -0.410 e. The predicted molar refractivity (Wildman–Crippen MR) is 147 cm³/mol. The molecule has 0 spiro atoms. The fraction of sp³-hybridized carbons (Fsp3) is 0.536. The number of imidazole rings is 1. The fourth-order valence-corrected chi connectivity index (χ4v) is 5.41. The summed E-state index contributed by atoms with van der Waals surface area (Å²) in [6.07, 6.45) is 0.908. The van der Waals surface area contributed by atoms with Crippen molar-refractivity contribution in [3.05, 3.63) is 42.0 Å². The Kier molecular flexibility index (Phi) is 7.49. The number of rotatable bonds is 7. The molecule has 41 heavy (non-hydrogen) atoms. The SMILES string of the molecule is Cc1ccc(OC(=O)N2CCC(CCc3nc(N)c4ncn([C@@H]5O[C@H](C(=O)NC6CC6)C(O)C5O)c4n3)CC2)cc1. The summed E-state index contributed by atoms with van der Waals surface area (Å²) in [5.74, 6) is 1.19. The number of amides is 2. The van der Waals surface area contributed by atoms with E-state index < -0.39 is 30.4 Å². The Balaban J connectivity index is 1.07. The molecule has 2 amide bonds. The average Bonchev–Trinajstić information content (AvgIpc) is 3.60. The number of carbonyl (C=O) groups excluding carboxylic acids is 2. The number of hydrogen-bond donors (Lipinski definition) is 4. The van der Waals surface area contributed by atoms with Crippen LogP contribution in [0, 0.1) is 12.8 Å². The van der Waals surface area contributed by atoms with Gasteiger partial charge in [0, 0.05) is 25.6 Å². The van der Waals surface area contributed by atoms with Gasteiger partial charge < -0.3 is 35.6 Å². The van der Waals surface area contributed by atoms with E-state index in [4.69, 9.17) is 15.2 Å². The third kappa shape index (κ3) is 5.83. The van der Waals surface area contributed by atoms with E-state index in [0.29, 0.717) is 48.2 Å². The van der Waals surface area contributed by atoms with E-state index in [0.717, 1.165) is 37.7 Å². The van der Waals surface area contributed by atoms with Crippen molar-refractivity contribution in [1.29, 1.82) is 0 Å². The van der Waals surface area contributed by atoms with Crippen molar-refractivity contribution in [2.24, 2.45) is 5.92 Å². The normalized spacial score (nSPS) is 25.0. The van der Waals surface area contributed by atoms with Crippen LogP contribution in [0.3, 0.4) is 0 Å². The molecule has 3 aromatic rings. The van der Waals surface area contributed by atoms with Crippen molar-refractivity contribution in [3.8, 4) is 5.75 Å². The first-order valence-corrected chi connectivity index (χ1v) is 14.1. The zero-order valence-corrected chi connectivity index (χ0v) is 22.8. The van der Waals surface area contributed by atoms with E-state index in [9.17, 15) is 19.8 Å². The van der Waals surface area contributed by atoms with Crippen molar-refractivity contribution in [3.63, 3.8) is 0 Å². The van der Waals surface area contributed by atoms with E-state index >= 15 is 0 Å². The molecule has 2 aliphatic heterocycles. The number of aryl methyl sites for hydroxylation is 2. The number of ether oxygens (including phenoxy) is 2. The molecule has 218 valence electrons. The lowest BCUT2D eigenvalue weighted by Crippen LogP contribution is -2.43. The number of carbonyl (C=O) groups is 2. The summed E-state index contributed by atoms with van der Waals surface area (Å²) in [5, 5.41) is 24.0. The van der Waals surface area contributed by atoms with Crippen LogP contribution in [-0.4, -0.2) is 84.1 Å². The van der Waals surface area contributed by atoms with Crippen LogP contribution in [0.2, 0.25) is 0 Å². The summed E-state index contributed by atoms with van der Waals surface area (Å²) >= 11 is 0. The van der Waals surface area contributed by atoms with Gasteiger partial charge in [-0.3, -0.25) is 9.36 Å². The first kappa shape index (κ1) is 27.4.